The molecule has 0 aliphatic carbocycles. The molecule has 0 spiro atoms. The van der Waals surface area contributed by atoms with Gasteiger partial charge >= 0.3 is 5.97 Å². The van der Waals surface area contributed by atoms with Crippen molar-refractivity contribution in [3.8, 4) is 0 Å². The first-order chi connectivity index (χ1) is 9.56. The van der Waals surface area contributed by atoms with Crippen molar-refractivity contribution in [1.29, 1.82) is 0 Å². The van der Waals surface area contributed by atoms with Crippen LogP contribution in [0.3, 0.4) is 0 Å². The van der Waals surface area contributed by atoms with Gasteiger partial charge in [-0.2, -0.15) is 0 Å². The van der Waals surface area contributed by atoms with E-state index in [9.17, 15) is 4.79 Å². The molecule has 0 bridgehead atoms. The molecule has 4 nitrogen and oxygen atoms in total. The average molecular weight is 291 g/mol. The molecule has 0 aliphatic rings. The number of hydrogen-bond donors (Lipinski definition) is 1. The monoisotopic (exact) mass is 290 g/mol. The molecule has 0 radical (unpaired) electrons. The van der Waals surface area contributed by atoms with Crippen molar-refractivity contribution in [2.24, 2.45) is 0 Å². The van der Waals surface area contributed by atoms with Crippen LogP contribution in [0.2, 0.25) is 5.02 Å². The molecular weight excluding hydrogens is 276 g/mol. The van der Waals surface area contributed by atoms with Crippen molar-refractivity contribution in [2.75, 3.05) is 7.05 Å². The molecule has 0 unspecified atom stereocenters. The standard InChI is InChI=1S/C15H15ClN2O2/c1-18(9-11-3-2-6-17-8-11)10-13-5-4-12(15(19)20)7-14(13)16/h2-8H,9-10H2,1H3,(H,19,20). The summed E-state index contributed by atoms with van der Waals surface area (Å²) in [6, 6.07) is 8.72. The first-order valence-corrected chi connectivity index (χ1v) is 6.53. The van der Waals surface area contributed by atoms with E-state index in [1.807, 2.05) is 25.4 Å². The average Bonchev–Trinajstić information content (AvgIpc) is 2.42. The van der Waals surface area contributed by atoms with E-state index in [2.05, 4.69) is 9.88 Å². The highest BCUT2D eigenvalue weighted by molar-refractivity contribution is 6.31. The van der Waals surface area contributed by atoms with Gasteiger partial charge in [-0.3, -0.25) is 9.88 Å². The third-order valence-corrected chi connectivity index (χ3v) is 3.27. The Hall–Kier alpha value is -1.91. The Balaban J connectivity index is 2.04. The number of pyridine rings is 1. The third-order valence-electron chi connectivity index (χ3n) is 2.92. The number of aromatic nitrogens is 1. The van der Waals surface area contributed by atoms with Gasteiger partial charge < -0.3 is 5.11 Å². The SMILES string of the molecule is CN(Cc1cccnc1)Cc1ccc(C(=O)O)cc1Cl. The molecule has 0 atom stereocenters. The van der Waals surface area contributed by atoms with Gasteiger partial charge in [0.25, 0.3) is 0 Å². The Labute approximate surface area is 122 Å². The van der Waals surface area contributed by atoms with Crippen LogP contribution in [0.5, 0.6) is 0 Å². The molecular formula is C15H15ClN2O2. The minimum absolute atomic E-state index is 0.202. The van der Waals surface area contributed by atoms with E-state index in [1.165, 1.54) is 6.07 Å². The minimum Gasteiger partial charge on any atom is -0.478 e. The summed E-state index contributed by atoms with van der Waals surface area (Å²) in [5.41, 5.74) is 2.23. The van der Waals surface area contributed by atoms with Crippen molar-refractivity contribution < 1.29 is 9.90 Å². The van der Waals surface area contributed by atoms with Crippen molar-refractivity contribution in [3.63, 3.8) is 0 Å². The topological polar surface area (TPSA) is 53.4 Å². The van der Waals surface area contributed by atoms with Gasteiger partial charge in [-0.15, -0.1) is 0 Å². The van der Waals surface area contributed by atoms with Crippen LogP contribution >= 0.6 is 11.6 Å². The summed E-state index contributed by atoms with van der Waals surface area (Å²) in [5, 5.41) is 9.38. The zero-order valence-electron chi connectivity index (χ0n) is 11.1. The molecule has 2 aromatic rings. The lowest BCUT2D eigenvalue weighted by Gasteiger charge is -2.17. The number of nitrogens with zero attached hydrogens (tertiary/aromatic N) is 2. The summed E-state index contributed by atoms with van der Waals surface area (Å²) in [6.45, 7) is 1.40. The highest BCUT2D eigenvalue weighted by atomic mass is 35.5. The molecule has 0 saturated carbocycles. The molecule has 20 heavy (non-hydrogen) atoms. The fraction of sp³-hybridized carbons (Fsp3) is 0.200. The zero-order chi connectivity index (χ0) is 14.5. The largest absolute Gasteiger partial charge is 0.478 e. The number of hydrogen-bond acceptors (Lipinski definition) is 3. The molecule has 1 aromatic carbocycles. The second-order valence-electron chi connectivity index (χ2n) is 4.64. The molecule has 0 saturated heterocycles. The van der Waals surface area contributed by atoms with Crippen LogP contribution in [-0.4, -0.2) is 28.0 Å². The van der Waals surface area contributed by atoms with Gasteiger partial charge in [-0.1, -0.05) is 23.7 Å². The molecule has 2 rings (SSSR count). The number of aromatic carboxylic acids is 1. The first kappa shape index (κ1) is 14.5. The van der Waals surface area contributed by atoms with Gasteiger partial charge in [0.2, 0.25) is 0 Å². The quantitative estimate of drug-likeness (QED) is 0.919. The summed E-state index contributed by atoms with van der Waals surface area (Å²) in [6.07, 6.45) is 3.57. The minimum atomic E-state index is -0.970. The smallest absolute Gasteiger partial charge is 0.335 e. The van der Waals surface area contributed by atoms with Crippen LogP contribution < -0.4 is 0 Å². The number of halogens is 1. The van der Waals surface area contributed by atoms with Crippen LogP contribution in [0.4, 0.5) is 0 Å². The fourth-order valence-corrected chi connectivity index (χ4v) is 2.20. The number of carboxylic acid groups (broad SMARTS) is 1. The van der Waals surface area contributed by atoms with Crippen molar-refractivity contribution in [2.45, 2.75) is 13.1 Å². The number of carboxylic acids is 1. The maximum atomic E-state index is 10.9. The Bertz CT molecular complexity index is 602. The molecule has 0 amide bonds. The molecule has 0 aliphatic heterocycles. The molecule has 104 valence electrons. The zero-order valence-corrected chi connectivity index (χ0v) is 11.8. The highest BCUT2D eigenvalue weighted by Gasteiger charge is 2.09. The van der Waals surface area contributed by atoms with Gasteiger partial charge in [0.1, 0.15) is 0 Å². The van der Waals surface area contributed by atoms with Crippen LogP contribution in [0.15, 0.2) is 42.7 Å². The Morgan fingerprint density at radius 1 is 1.35 bits per heavy atom. The van der Waals surface area contributed by atoms with E-state index >= 15 is 0 Å². The molecule has 1 aromatic heterocycles. The molecule has 0 fully saturated rings. The normalized spacial score (nSPS) is 10.8. The lowest BCUT2D eigenvalue weighted by atomic mass is 10.1. The Kier molecular flexibility index (Phi) is 4.71. The van der Waals surface area contributed by atoms with Gasteiger partial charge in [0, 0.05) is 30.5 Å². The summed E-state index contributed by atoms with van der Waals surface area (Å²) in [5.74, 6) is -0.970. The van der Waals surface area contributed by atoms with E-state index in [1.54, 1.807) is 18.3 Å². The van der Waals surface area contributed by atoms with E-state index in [0.717, 1.165) is 17.7 Å². The predicted molar refractivity (Wildman–Crippen MR) is 77.8 cm³/mol. The number of carbonyl (C=O) groups is 1. The first-order valence-electron chi connectivity index (χ1n) is 6.15. The Morgan fingerprint density at radius 2 is 2.15 bits per heavy atom. The van der Waals surface area contributed by atoms with E-state index in [4.69, 9.17) is 16.7 Å². The molecule has 1 N–H and O–H groups in total. The van der Waals surface area contributed by atoms with Crippen LogP contribution in [0.1, 0.15) is 21.5 Å². The van der Waals surface area contributed by atoms with Gasteiger partial charge in [0.05, 0.1) is 5.56 Å². The summed E-state index contributed by atoms with van der Waals surface area (Å²) >= 11 is 6.12. The van der Waals surface area contributed by atoms with E-state index in [0.29, 0.717) is 11.6 Å². The van der Waals surface area contributed by atoms with Gasteiger partial charge in [-0.05, 0) is 36.4 Å². The number of rotatable bonds is 5. The van der Waals surface area contributed by atoms with Crippen LogP contribution in [0.25, 0.3) is 0 Å². The van der Waals surface area contributed by atoms with Crippen molar-refractivity contribution in [3.05, 3.63) is 64.4 Å². The second-order valence-corrected chi connectivity index (χ2v) is 5.05. The van der Waals surface area contributed by atoms with E-state index in [-0.39, 0.29) is 5.56 Å². The van der Waals surface area contributed by atoms with Gasteiger partial charge in [0.15, 0.2) is 0 Å². The second kappa shape index (κ2) is 6.50. The predicted octanol–water partition coefficient (Wildman–Crippen LogP) is 3.07. The van der Waals surface area contributed by atoms with Crippen molar-refractivity contribution >= 4 is 17.6 Å². The summed E-state index contributed by atoms with van der Waals surface area (Å²) < 4.78 is 0. The summed E-state index contributed by atoms with van der Waals surface area (Å²) in [7, 11) is 1.98. The van der Waals surface area contributed by atoms with Crippen molar-refractivity contribution in [1.82, 2.24) is 9.88 Å². The maximum Gasteiger partial charge on any atom is 0.335 e. The lowest BCUT2D eigenvalue weighted by molar-refractivity contribution is 0.0697. The lowest BCUT2D eigenvalue weighted by Crippen LogP contribution is -2.17. The van der Waals surface area contributed by atoms with E-state index < -0.39 is 5.97 Å². The third kappa shape index (κ3) is 3.79. The Morgan fingerprint density at radius 3 is 2.75 bits per heavy atom. The maximum absolute atomic E-state index is 10.9. The number of benzene rings is 1. The van der Waals surface area contributed by atoms with Gasteiger partial charge in [-0.25, -0.2) is 4.79 Å². The van der Waals surface area contributed by atoms with Crippen LogP contribution in [0, 0.1) is 0 Å². The highest BCUT2D eigenvalue weighted by Crippen LogP contribution is 2.20. The summed E-state index contributed by atoms with van der Waals surface area (Å²) in [4.78, 5) is 17.0. The fourth-order valence-electron chi connectivity index (χ4n) is 1.96. The van der Waals surface area contributed by atoms with Crippen LogP contribution in [-0.2, 0) is 13.1 Å². The molecule has 5 heteroatoms. The molecule has 1 heterocycles.